The number of hydrogen-bond acceptors (Lipinski definition) is 6. The van der Waals surface area contributed by atoms with Crippen LogP contribution in [0.25, 0.3) is 11.4 Å². The first-order chi connectivity index (χ1) is 13.8. The molecule has 0 radical (unpaired) electrons. The first kappa shape index (κ1) is 19.2. The van der Waals surface area contributed by atoms with Crippen molar-refractivity contribution in [2.75, 3.05) is 11.1 Å². The van der Waals surface area contributed by atoms with Crippen LogP contribution in [0.5, 0.6) is 11.5 Å². The monoisotopic (exact) mass is 418 g/mol. The van der Waals surface area contributed by atoms with Gasteiger partial charge in [-0.05, 0) is 24.6 Å². The lowest BCUT2D eigenvalue weighted by Gasteiger charge is -2.07. The SMILES string of the molecule is Cc1ccccc1-c1nnc(SCC(=O)Nc2ccc3c(c2)OC(F)(F)O3)n1C. The van der Waals surface area contributed by atoms with Crippen LogP contribution >= 0.6 is 11.8 Å². The number of alkyl halides is 2. The highest BCUT2D eigenvalue weighted by atomic mass is 32.2. The Balaban J connectivity index is 1.39. The van der Waals surface area contributed by atoms with Crippen molar-refractivity contribution in [2.45, 2.75) is 18.4 Å². The fraction of sp³-hybridized carbons (Fsp3) is 0.211. The molecule has 7 nitrogen and oxygen atoms in total. The van der Waals surface area contributed by atoms with Crippen molar-refractivity contribution in [1.82, 2.24) is 14.8 Å². The third-order valence-corrected chi connectivity index (χ3v) is 5.26. The summed E-state index contributed by atoms with van der Waals surface area (Å²) in [6.07, 6.45) is -3.69. The summed E-state index contributed by atoms with van der Waals surface area (Å²) in [5, 5.41) is 11.6. The van der Waals surface area contributed by atoms with Gasteiger partial charge in [-0.15, -0.1) is 19.0 Å². The number of aryl methyl sites for hydroxylation is 1. The number of hydrogen-bond donors (Lipinski definition) is 1. The van der Waals surface area contributed by atoms with Crippen molar-refractivity contribution in [3.63, 3.8) is 0 Å². The number of carbonyl (C=O) groups excluding carboxylic acids is 1. The number of benzene rings is 2. The van der Waals surface area contributed by atoms with Crippen molar-refractivity contribution >= 4 is 23.4 Å². The van der Waals surface area contributed by atoms with Crippen molar-refractivity contribution < 1.29 is 23.0 Å². The third kappa shape index (κ3) is 4.02. The highest BCUT2D eigenvalue weighted by Crippen LogP contribution is 2.42. The average Bonchev–Trinajstić information content (AvgIpc) is 3.18. The van der Waals surface area contributed by atoms with E-state index in [0.717, 1.165) is 11.1 Å². The third-order valence-electron chi connectivity index (χ3n) is 4.24. The van der Waals surface area contributed by atoms with E-state index in [4.69, 9.17) is 0 Å². The molecule has 1 aliphatic rings. The van der Waals surface area contributed by atoms with Gasteiger partial charge in [-0.2, -0.15) is 0 Å². The molecule has 4 rings (SSSR count). The standard InChI is InChI=1S/C19H16F2N4O3S/c1-11-5-3-4-6-13(11)17-23-24-18(25(17)2)29-10-16(26)22-12-7-8-14-15(9-12)28-19(20,21)27-14/h3-9H,10H2,1-2H3,(H,22,26). The topological polar surface area (TPSA) is 78.3 Å². The van der Waals surface area contributed by atoms with Crippen LogP contribution in [-0.2, 0) is 11.8 Å². The molecule has 0 atom stereocenters. The van der Waals surface area contributed by atoms with Gasteiger partial charge in [-0.3, -0.25) is 4.79 Å². The second-order valence-corrected chi connectivity index (χ2v) is 7.29. The lowest BCUT2D eigenvalue weighted by Crippen LogP contribution is -2.25. The Morgan fingerprint density at radius 1 is 1.17 bits per heavy atom. The lowest BCUT2D eigenvalue weighted by atomic mass is 10.1. The molecule has 10 heteroatoms. The minimum Gasteiger partial charge on any atom is -0.395 e. The number of thioether (sulfide) groups is 1. The number of nitrogens with zero attached hydrogens (tertiary/aromatic N) is 3. The van der Waals surface area contributed by atoms with Gasteiger partial charge in [-0.1, -0.05) is 36.0 Å². The number of rotatable bonds is 5. The van der Waals surface area contributed by atoms with Crippen LogP contribution < -0.4 is 14.8 Å². The number of carbonyl (C=O) groups is 1. The summed E-state index contributed by atoms with van der Waals surface area (Å²) in [4.78, 5) is 12.2. The van der Waals surface area contributed by atoms with Crippen LogP contribution in [0, 0.1) is 6.92 Å². The Morgan fingerprint density at radius 3 is 2.72 bits per heavy atom. The zero-order valence-corrected chi connectivity index (χ0v) is 16.3. The van der Waals surface area contributed by atoms with Crippen LogP contribution in [0.15, 0.2) is 47.6 Å². The summed E-state index contributed by atoms with van der Waals surface area (Å²) >= 11 is 1.22. The van der Waals surface area contributed by atoms with Crippen molar-refractivity contribution in [2.24, 2.45) is 7.05 Å². The molecule has 0 unspecified atom stereocenters. The highest BCUT2D eigenvalue weighted by molar-refractivity contribution is 7.99. The van der Waals surface area contributed by atoms with Crippen LogP contribution in [0.2, 0.25) is 0 Å². The molecule has 0 saturated heterocycles. The molecule has 29 heavy (non-hydrogen) atoms. The van der Waals surface area contributed by atoms with Gasteiger partial charge in [0.25, 0.3) is 0 Å². The molecule has 0 fully saturated rings. The lowest BCUT2D eigenvalue weighted by molar-refractivity contribution is -0.286. The molecular formula is C19H16F2N4O3S. The van der Waals surface area contributed by atoms with Gasteiger partial charge in [0.1, 0.15) is 0 Å². The first-order valence-corrected chi connectivity index (χ1v) is 9.59. The number of anilines is 1. The Labute approximate surface area is 169 Å². The van der Waals surface area contributed by atoms with E-state index < -0.39 is 6.29 Å². The summed E-state index contributed by atoms with van der Waals surface area (Å²) in [7, 11) is 1.83. The fourth-order valence-corrected chi connectivity index (χ4v) is 3.56. The molecule has 2 aromatic carbocycles. The van der Waals surface area contributed by atoms with E-state index in [0.29, 0.717) is 16.7 Å². The molecule has 0 spiro atoms. The summed E-state index contributed by atoms with van der Waals surface area (Å²) in [5.41, 5.74) is 2.37. The number of aromatic nitrogens is 3. The molecule has 3 aromatic rings. The van der Waals surface area contributed by atoms with Gasteiger partial charge < -0.3 is 19.4 Å². The Hall–Kier alpha value is -3.14. The van der Waals surface area contributed by atoms with E-state index in [9.17, 15) is 13.6 Å². The zero-order valence-electron chi connectivity index (χ0n) is 15.5. The highest BCUT2D eigenvalue weighted by Gasteiger charge is 2.43. The van der Waals surface area contributed by atoms with Gasteiger partial charge in [0, 0.05) is 24.4 Å². The number of fused-ring (bicyclic) bond motifs is 1. The molecule has 2 heterocycles. The van der Waals surface area contributed by atoms with Crippen LogP contribution in [0.3, 0.4) is 0 Å². The molecule has 0 bridgehead atoms. The van der Waals surface area contributed by atoms with E-state index in [-0.39, 0.29) is 23.2 Å². The number of amides is 1. The maximum atomic E-state index is 13.1. The molecule has 1 amide bonds. The summed E-state index contributed by atoms with van der Waals surface area (Å²) in [5.74, 6) is 0.259. The van der Waals surface area contributed by atoms with Gasteiger partial charge in [0.05, 0.1) is 5.75 Å². The van der Waals surface area contributed by atoms with Crippen LogP contribution in [0.1, 0.15) is 5.56 Å². The van der Waals surface area contributed by atoms with Gasteiger partial charge in [0.2, 0.25) is 5.91 Å². The molecule has 150 valence electrons. The van der Waals surface area contributed by atoms with Crippen molar-refractivity contribution in [1.29, 1.82) is 0 Å². The predicted octanol–water partition coefficient (Wildman–Crippen LogP) is 3.84. The minimum atomic E-state index is -3.69. The number of ether oxygens (including phenoxy) is 2. The maximum Gasteiger partial charge on any atom is 0.586 e. The van der Waals surface area contributed by atoms with Crippen molar-refractivity contribution in [3.8, 4) is 22.9 Å². The van der Waals surface area contributed by atoms with Gasteiger partial charge in [0.15, 0.2) is 22.5 Å². The predicted molar refractivity (Wildman–Crippen MR) is 103 cm³/mol. The number of halogens is 2. The van der Waals surface area contributed by atoms with E-state index in [2.05, 4.69) is 25.0 Å². The van der Waals surface area contributed by atoms with E-state index >= 15 is 0 Å². The largest absolute Gasteiger partial charge is 0.586 e. The smallest absolute Gasteiger partial charge is 0.395 e. The Kier molecular flexibility index (Phi) is 4.87. The summed E-state index contributed by atoms with van der Waals surface area (Å²) in [6.45, 7) is 1.99. The maximum absolute atomic E-state index is 13.1. The van der Waals surface area contributed by atoms with Crippen molar-refractivity contribution in [3.05, 3.63) is 48.0 Å². The molecule has 0 saturated carbocycles. The molecule has 0 aliphatic carbocycles. The minimum absolute atomic E-state index is 0.0738. The van der Waals surface area contributed by atoms with E-state index in [1.165, 1.54) is 30.0 Å². The number of nitrogens with one attached hydrogen (secondary N) is 1. The normalized spacial score (nSPS) is 14.1. The molecule has 1 aliphatic heterocycles. The second-order valence-electron chi connectivity index (χ2n) is 6.35. The molecule has 1 aromatic heterocycles. The van der Waals surface area contributed by atoms with Gasteiger partial charge in [-0.25, -0.2) is 0 Å². The quantitative estimate of drug-likeness (QED) is 0.635. The second kappa shape index (κ2) is 7.36. The summed E-state index contributed by atoms with van der Waals surface area (Å²) < 4.78 is 36.7. The Morgan fingerprint density at radius 2 is 1.93 bits per heavy atom. The van der Waals surface area contributed by atoms with Crippen LogP contribution in [0.4, 0.5) is 14.5 Å². The first-order valence-electron chi connectivity index (χ1n) is 8.60. The van der Waals surface area contributed by atoms with Gasteiger partial charge >= 0.3 is 6.29 Å². The van der Waals surface area contributed by atoms with E-state index in [1.54, 1.807) is 0 Å². The van der Waals surface area contributed by atoms with E-state index in [1.807, 2.05) is 42.8 Å². The fourth-order valence-electron chi connectivity index (χ4n) is 2.85. The van der Waals surface area contributed by atoms with Crippen LogP contribution in [-0.4, -0.2) is 32.7 Å². The Bertz CT molecular complexity index is 1090. The zero-order chi connectivity index (χ0) is 20.6. The average molecular weight is 418 g/mol. The summed E-state index contributed by atoms with van der Waals surface area (Å²) in [6, 6.07) is 11.9. The molecular weight excluding hydrogens is 402 g/mol. The molecule has 1 N–H and O–H groups in total.